The van der Waals surface area contributed by atoms with Gasteiger partial charge in [0, 0.05) is 26.5 Å². The maximum Gasteiger partial charge on any atom is 0.332 e. The summed E-state index contributed by atoms with van der Waals surface area (Å²) in [6.45, 7) is 0.233. The summed E-state index contributed by atoms with van der Waals surface area (Å²) in [7, 11) is 2.96. The average Bonchev–Trinajstić information content (AvgIpc) is 3.11. The third-order valence-corrected chi connectivity index (χ3v) is 4.69. The predicted molar refractivity (Wildman–Crippen MR) is 111 cm³/mol. The van der Waals surface area contributed by atoms with Crippen molar-refractivity contribution in [3.63, 3.8) is 0 Å². The number of pyridine rings is 1. The van der Waals surface area contributed by atoms with E-state index in [2.05, 4.69) is 20.5 Å². The van der Waals surface area contributed by atoms with Crippen LogP contribution >= 0.6 is 0 Å². The molecule has 3 heterocycles. The first kappa shape index (κ1) is 19.2. The molecule has 0 spiro atoms. The molecule has 0 amide bonds. The molecule has 0 bridgehead atoms. The monoisotopic (exact) mass is 407 g/mol. The number of nitrogens with one attached hydrogen (secondary N) is 1. The zero-order valence-corrected chi connectivity index (χ0v) is 16.3. The predicted octanol–water partition coefficient (Wildman–Crippen LogP) is 1.46. The van der Waals surface area contributed by atoms with Gasteiger partial charge in [0.05, 0.1) is 12.8 Å². The molecule has 4 aromatic rings. The van der Waals surface area contributed by atoms with Crippen molar-refractivity contribution >= 4 is 23.3 Å². The van der Waals surface area contributed by atoms with E-state index >= 15 is 0 Å². The normalized spacial score (nSPS) is 11.4. The molecule has 0 saturated heterocycles. The van der Waals surface area contributed by atoms with Gasteiger partial charge in [-0.1, -0.05) is 12.1 Å². The average molecular weight is 407 g/mol. The summed E-state index contributed by atoms with van der Waals surface area (Å²) in [6.07, 6.45) is 4.87. The lowest BCUT2D eigenvalue weighted by atomic mass is 10.2. The number of nitrogens with zero attached hydrogens (tertiary/aromatic N) is 6. The van der Waals surface area contributed by atoms with Gasteiger partial charge in [0.2, 0.25) is 5.95 Å². The number of benzene rings is 1. The van der Waals surface area contributed by atoms with Gasteiger partial charge in [-0.05, 0) is 35.4 Å². The molecule has 3 aromatic heterocycles. The van der Waals surface area contributed by atoms with Gasteiger partial charge < -0.3 is 0 Å². The van der Waals surface area contributed by atoms with Crippen LogP contribution in [0.1, 0.15) is 11.1 Å². The van der Waals surface area contributed by atoms with E-state index in [9.17, 15) is 14.0 Å². The Labute approximate surface area is 169 Å². The molecule has 0 unspecified atom stereocenters. The fourth-order valence-electron chi connectivity index (χ4n) is 3.07. The minimum absolute atomic E-state index is 0.229. The lowest BCUT2D eigenvalue weighted by molar-refractivity contribution is 0.626. The molecule has 4 rings (SSSR count). The highest BCUT2D eigenvalue weighted by atomic mass is 19.1. The van der Waals surface area contributed by atoms with E-state index < -0.39 is 11.2 Å². The van der Waals surface area contributed by atoms with E-state index in [0.717, 1.165) is 15.7 Å². The Balaban J connectivity index is 1.83. The number of halogens is 1. The van der Waals surface area contributed by atoms with Crippen molar-refractivity contribution in [3.8, 4) is 0 Å². The van der Waals surface area contributed by atoms with Crippen molar-refractivity contribution < 1.29 is 4.39 Å². The minimum atomic E-state index is -0.481. The van der Waals surface area contributed by atoms with Gasteiger partial charge >= 0.3 is 5.69 Å². The second-order valence-electron chi connectivity index (χ2n) is 6.68. The highest BCUT2D eigenvalue weighted by Crippen LogP contribution is 2.18. The summed E-state index contributed by atoms with van der Waals surface area (Å²) in [4.78, 5) is 33.5. The molecular formula is C20H18FN7O2. The Hall–Kier alpha value is -4.08. The van der Waals surface area contributed by atoms with Crippen LogP contribution in [0.4, 0.5) is 10.3 Å². The van der Waals surface area contributed by atoms with Gasteiger partial charge in [-0.2, -0.15) is 10.1 Å². The molecule has 0 radical (unpaired) electrons. The summed E-state index contributed by atoms with van der Waals surface area (Å²) in [6, 6.07) is 9.50. The number of aryl methyl sites for hydroxylation is 1. The number of hydrogen-bond acceptors (Lipinski definition) is 6. The quantitative estimate of drug-likeness (QED) is 0.399. The van der Waals surface area contributed by atoms with Crippen LogP contribution in [0.25, 0.3) is 11.2 Å². The number of aromatic nitrogens is 5. The summed E-state index contributed by atoms with van der Waals surface area (Å²) in [5, 5.41) is 4.19. The largest absolute Gasteiger partial charge is 0.332 e. The molecule has 0 aliphatic carbocycles. The minimum Gasteiger partial charge on any atom is -0.298 e. The van der Waals surface area contributed by atoms with E-state index in [4.69, 9.17) is 0 Å². The Morgan fingerprint density at radius 1 is 1.07 bits per heavy atom. The Morgan fingerprint density at radius 3 is 2.47 bits per heavy atom. The van der Waals surface area contributed by atoms with Crippen LogP contribution in [-0.4, -0.2) is 29.9 Å². The summed E-state index contributed by atoms with van der Waals surface area (Å²) >= 11 is 0. The van der Waals surface area contributed by atoms with Crippen LogP contribution in [-0.2, 0) is 20.6 Å². The van der Waals surface area contributed by atoms with Crippen LogP contribution in [0.3, 0.4) is 0 Å². The van der Waals surface area contributed by atoms with E-state index in [1.807, 2.05) is 0 Å². The zero-order chi connectivity index (χ0) is 21.3. The van der Waals surface area contributed by atoms with Crippen molar-refractivity contribution in [1.29, 1.82) is 0 Å². The number of imidazole rings is 1. The first-order valence-corrected chi connectivity index (χ1v) is 9.05. The molecule has 10 heteroatoms. The molecule has 152 valence electrons. The summed E-state index contributed by atoms with van der Waals surface area (Å²) < 4.78 is 17.2. The van der Waals surface area contributed by atoms with Gasteiger partial charge in [-0.3, -0.25) is 23.5 Å². The second-order valence-corrected chi connectivity index (χ2v) is 6.68. The molecular weight excluding hydrogens is 389 g/mol. The molecule has 0 aliphatic rings. The zero-order valence-electron chi connectivity index (χ0n) is 16.3. The van der Waals surface area contributed by atoms with Crippen LogP contribution in [0.15, 0.2) is 63.5 Å². The highest BCUT2D eigenvalue weighted by molar-refractivity contribution is 5.80. The standard InChI is InChI=1S/C20H18FN7O2/c1-26-17-16(18(29)27(2)20(26)30)28(12-14-3-5-15(21)6-4-14)19(24-17)25-23-11-13-7-9-22-10-8-13/h3-11H,12H2,1-2H3,(H,24,25). The van der Waals surface area contributed by atoms with Gasteiger partial charge in [0.25, 0.3) is 5.56 Å². The molecule has 1 aromatic carbocycles. The van der Waals surface area contributed by atoms with E-state index in [1.165, 1.54) is 23.7 Å². The number of hydrogen-bond donors (Lipinski definition) is 1. The van der Waals surface area contributed by atoms with Crippen LogP contribution in [0.5, 0.6) is 0 Å². The topological polar surface area (TPSA) is 99.1 Å². The van der Waals surface area contributed by atoms with Crippen LogP contribution < -0.4 is 16.7 Å². The Morgan fingerprint density at radius 2 is 1.77 bits per heavy atom. The molecule has 30 heavy (non-hydrogen) atoms. The van der Waals surface area contributed by atoms with Crippen molar-refractivity contribution in [3.05, 3.63) is 86.6 Å². The van der Waals surface area contributed by atoms with Crippen molar-refractivity contribution in [2.75, 3.05) is 5.43 Å². The number of fused-ring (bicyclic) bond motifs is 1. The van der Waals surface area contributed by atoms with Crippen molar-refractivity contribution in [2.45, 2.75) is 6.54 Å². The second kappa shape index (κ2) is 7.74. The maximum atomic E-state index is 13.3. The number of hydrazone groups is 1. The van der Waals surface area contributed by atoms with Crippen molar-refractivity contribution in [2.24, 2.45) is 19.2 Å². The summed E-state index contributed by atoms with van der Waals surface area (Å²) in [5.74, 6) is -0.0780. The fourth-order valence-corrected chi connectivity index (χ4v) is 3.07. The molecule has 9 nitrogen and oxygen atoms in total. The van der Waals surface area contributed by atoms with Gasteiger partial charge in [-0.15, -0.1) is 0 Å². The molecule has 0 aliphatic heterocycles. The maximum absolute atomic E-state index is 13.3. The third-order valence-electron chi connectivity index (χ3n) is 4.69. The number of rotatable bonds is 5. The molecule has 1 N–H and O–H groups in total. The summed E-state index contributed by atoms with van der Waals surface area (Å²) in [5.41, 5.74) is 3.93. The SMILES string of the molecule is Cn1c(=O)c2c(nc(NN=Cc3ccncc3)n2Cc2ccc(F)cc2)n(C)c1=O. The lowest BCUT2D eigenvalue weighted by Crippen LogP contribution is -2.37. The third kappa shape index (κ3) is 3.50. The van der Waals surface area contributed by atoms with E-state index in [-0.39, 0.29) is 29.5 Å². The van der Waals surface area contributed by atoms with Gasteiger partial charge in [0.15, 0.2) is 11.2 Å². The van der Waals surface area contributed by atoms with Crippen molar-refractivity contribution in [1.82, 2.24) is 23.7 Å². The highest BCUT2D eigenvalue weighted by Gasteiger charge is 2.19. The Bertz CT molecular complexity index is 1350. The molecule has 0 fully saturated rings. The van der Waals surface area contributed by atoms with E-state index in [1.54, 1.807) is 54.5 Å². The molecule has 0 atom stereocenters. The smallest absolute Gasteiger partial charge is 0.298 e. The van der Waals surface area contributed by atoms with Crippen LogP contribution in [0.2, 0.25) is 0 Å². The number of anilines is 1. The first-order valence-electron chi connectivity index (χ1n) is 9.05. The molecule has 0 saturated carbocycles. The van der Waals surface area contributed by atoms with Gasteiger partial charge in [0.1, 0.15) is 5.82 Å². The van der Waals surface area contributed by atoms with E-state index in [0.29, 0.717) is 0 Å². The lowest BCUT2D eigenvalue weighted by Gasteiger charge is -2.09. The Kier molecular flexibility index (Phi) is 4.97. The van der Waals surface area contributed by atoms with Gasteiger partial charge in [-0.25, -0.2) is 14.6 Å². The first-order chi connectivity index (χ1) is 14.5. The van der Waals surface area contributed by atoms with Crippen LogP contribution in [0, 0.1) is 5.82 Å². The fraction of sp³-hybridized carbons (Fsp3) is 0.150.